The summed E-state index contributed by atoms with van der Waals surface area (Å²) in [5.41, 5.74) is 2.54. The van der Waals surface area contributed by atoms with E-state index in [1.807, 2.05) is 50.2 Å². The number of aryl methyl sites for hydroxylation is 1. The van der Waals surface area contributed by atoms with Crippen LogP contribution in [0.2, 0.25) is 0 Å². The number of rotatable bonds is 5. The maximum absolute atomic E-state index is 12.6. The number of aromatic nitrogens is 3. The zero-order chi connectivity index (χ0) is 18.7. The van der Waals surface area contributed by atoms with Crippen LogP contribution in [0.5, 0.6) is 0 Å². The lowest BCUT2D eigenvalue weighted by Crippen LogP contribution is -2.29. The van der Waals surface area contributed by atoms with Crippen LogP contribution in [0.4, 0.5) is 0 Å². The monoisotopic (exact) mass is 371 g/mol. The minimum Gasteiger partial charge on any atom is -0.302 e. The minimum absolute atomic E-state index is 0.263. The van der Waals surface area contributed by atoms with Crippen LogP contribution in [0, 0.1) is 6.92 Å². The molecule has 0 spiro atoms. The van der Waals surface area contributed by atoms with E-state index in [9.17, 15) is 8.42 Å². The third kappa shape index (κ3) is 3.97. The van der Waals surface area contributed by atoms with E-state index in [0.717, 1.165) is 16.6 Å². The molecule has 0 aliphatic heterocycles. The third-order valence-electron chi connectivity index (χ3n) is 3.85. The first-order valence-electron chi connectivity index (χ1n) is 8.15. The van der Waals surface area contributed by atoms with Crippen molar-refractivity contribution in [3.05, 3.63) is 54.1 Å². The van der Waals surface area contributed by atoms with Crippen molar-refractivity contribution >= 4 is 26.7 Å². The summed E-state index contributed by atoms with van der Waals surface area (Å²) in [6, 6.07) is 14.3. The van der Waals surface area contributed by atoms with Gasteiger partial charge in [-0.05, 0) is 45.3 Å². The minimum atomic E-state index is -3.52. The van der Waals surface area contributed by atoms with Gasteiger partial charge in [0.05, 0.1) is 17.0 Å². The molecule has 0 unspecified atom stereocenters. The lowest BCUT2D eigenvalue weighted by molar-refractivity contribution is 0.463. The van der Waals surface area contributed by atoms with Crippen molar-refractivity contribution in [2.45, 2.75) is 11.8 Å². The fourth-order valence-electron chi connectivity index (χ4n) is 2.51. The van der Waals surface area contributed by atoms with Crippen LogP contribution >= 0.6 is 0 Å². The van der Waals surface area contributed by atoms with Gasteiger partial charge in [-0.1, -0.05) is 35.0 Å². The summed E-state index contributed by atoms with van der Waals surface area (Å²) in [5, 5.41) is 8.27. The molecule has 0 fully saturated rings. The van der Waals surface area contributed by atoms with Crippen molar-refractivity contribution in [3.63, 3.8) is 0 Å². The lowest BCUT2D eigenvalue weighted by atomic mass is 10.2. The molecule has 8 heteroatoms. The van der Waals surface area contributed by atoms with E-state index in [4.69, 9.17) is 0 Å². The van der Waals surface area contributed by atoms with Crippen molar-refractivity contribution in [1.29, 1.82) is 0 Å². The molecule has 0 saturated heterocycles. The number of likely N-dealkylation sites (N-methyl/N-ethyl adjacent to an activating group) is 1. The van der Waals surface area contributed by atoms with Crippen LogP contribution in [0.3, 0.4) is 0 Å². The quantitative estimate of drug-likeness (QED) is 0.506. The van der Waals surface area contributed by atoms with Gasteiger partial charge in [0, 0.05) is 0 Å². The summed E-state index contributed by atoms with van der Waals surface area (Å²) in [6.45, 7) is 2.36. The average Bonchev–Trinajstić information content (AvgIpc) is 3.03. The molecule has 1 aromatic heterocycles. The molecule has 0 atom stereocenters. The van der Waals surface area contributed by atoms with Gasteiger partial charge in [0.25, 0.3) is 0 Å². The topological polar surface area (TPSA) is 80.5 Å². The molecule has 0 radical (unpaired) electrons. The number of nitrogens with zero attached hydrogens (tertiary/aromatic N) is 5. The summed E-state index contributed by atoms with van der Waals surface area (Å²) < 4.78 is 26.8. The number of hydrogen-bond donors (Lipinski definition) is 0. The highest BCUT2D eigenvalue weighted by molar-refractivity contribution is 7.91. The Kier molecular flexibility index (Phi) is 5.15. The SMILES string of the molecule is Cc1ccc(S(=O)(=O)C/N=C(\CN(C)C)n2nnc3ccccc32)cc1. The second-order valence-electron chi connectivity index (χ2n) is 6.36. The zero-order valence-corrected chi connectivity index (χ0v) is 15.8. The molecule has 26 heavy (non-hydrogen) atoms. The van der Waals surface area contributed by atoms with E-state index < -0.39 is 9.84 Å². The van der Waals surface area contributed by atoms with Gasteiger partial charge >= 0.3 is 0 Å². The molecule has 2 aromatic carbocycles. The van der Waals surface area contributed by atoms with E-state index in [-0.39, 0.29) is 10.8 Å². The Hall–Kier alpha value is -2.58. The third-order valence-corrected chi connectivity index (χ3v) is 5.31. The van der Waals surface area contributed by atoms with Gasteiger partial charge in [0.15, 0.2) is 9.84 Å². The lowest BCUT2D eigenvalue weighted by Gasteiger charge is -2.13. The molecular formula is C18H21N5O2S. The standard InChI is InChI=1S/C18H21N5O2S/c1-14-8-10-15(11-9-14)26(24,25)13-19-18(12-22(2)3)23-17-7-5-4-6-16(17)20-21-23/h4-11H,12-13H2,1-3H3/b19-18+. The van der Waals surface area contributed by atoms with Gasteiger partial charge in [-0.25, -0.2) is 8.42 Å². The molecule has 0 aliphatic carbocycles. The Bertz CT molecular complexity index is 1040. The molecule has 7 nitrogen and oxygen atoms in total. The van der Waals surface area contributed by atoms with Crippen molar-refractivity contribution in [2.24, 2.45) is 4.99 Å². The van der Waals surface area contributed by atoms with Crippen LogP contribution in [-0.2, 0) is 9.84 Å². The first kappa shape index (κ1) is 18.2. The molecule has 3 rings (SSSR count). The van der Waals surface area contributed by atoms with E-state index in [1.54, 1.807) is 28.9 Å². The van der Waals surface area contributed by atoms with Crippen molar-refractivity contribution in [1.82, 2.24) is 19.9 Å². The van der Waals surface area contributed by atoms with Crippen LogP contribution in [-0.4, -0.2) is 60.7 Å². The Morgan fingerprint density at radius 1 is 1.12 bits per heavy atom. The summed E-state index contributed by atoms with van der Waals surface area (Å²) in [6.07, 6.45) is 0. The summed E-state index contributed by atoms with van der Waals surface area (Å²) >= 11 is 0. The van der Waals surface area contributed by atoms with E-state index in [1.165, 1.54) is 0 Å². The number of para-hydroxylation sites is 1. The normalized spacial score (nSPS) is 12.8. The van der Waals surface area contributed by atoms with Crippen LogP contribution < -0.4 is 0 Å². The van der Waals surface area contributed by atoms with Crippen molar-refractivity contribution in [2.75, 3.05) is 26.5 Å². The number of aliphatic imine (C=N–C) groups is 1. The van der Waals surface area contributed by atoms with Gasteiger partial charge in [-0.3, -0.25) is 4.99 Å². The predicted molar refractivity (Wildman–Crippen MR) is 102 cm³/mol. The fraction of sp³-hybridized carbons (Fsp3) is 0.278. The Morgan fingerprint density at radius 3 is 2.50 bits per heavy atom. The Morgan fingerprint density at radius 2 is 1.81 bits per heavy atom. The number of hydrogen-bond acceptors (Lipinski definition) is 6. The molecule has 0 amide bonds. The number of fused-ring (bicyclic) bond motifs is 1. The Balaban J connectivity index is 1.96. The maximum atomic E-state index is 12.6. The van der Waals surface area contributed by atoms with Crippen LogP contribution in [0.15, 0.2) is 58.4 Å². The molecule has 136 valence electrons. The smallest absolute Gasteiger partial charge is 0.198 e. The van der Waals surface area contributed by atoms with E-state index >= 15 is 0 Å². The van der Waals surface area contributed by atoms with E-state index in [2.05, 4.69) is 15.3 Å². The number of sulfone groups is 1. The molecule has 0 N–H and O–H groups in total. The first-order valence-corrected chi connectivity index (χ1v) is 9.80. The highest BCUT2D eigenvalue weighted by atomic mass is 32.2. The highest BCUT2D eigenvalue weighted by Crippen LogP contribution is 2.14. The second kappa shape index (κ2) is 7.35. The molecule has 3 aromatic rings. The van der Waals surface area contributed by atoms with Crippen molar-refractivity contribution < 1.29 is 8.42 Å². The average molecular weight is 371 g/mol. The van der Waals surface area contributed by atoms with Gasteiger partial charge in [-0.2, -0.15) is 4.68 Å². The first-order chi connectivity index (χ1) is 12.4. The summed E-state index contributed by atoms with van der Waals surface area (Å²) in [4.78, 5) is 6.55. The summed E-state index contributed by atoms with van der Waals surface area (Å²) in [7, 11) is 0.264. The van der Waals surface area contributed by atoms with E-state index in [0.29, 0.717) is 12.4 Å². The number of benzene rings is 2. The van der Waals surface area contributed by atoms with Gasteiger partial charge in [-0.15, -0.1) is 5.10 Å². The second-order valence-corrected chi connectivity index (χ2v) is 8.32. The van der Waals surface area contributed by atoms with Gasteiger partial charge in [0.2, 0.25) is 0 Å². The molecule has 0 aliphatic rings. The predicted octanol–water partition coefficient (Wildman–Crippen LogP) is 1.98. The Labute approximate surface area is 152 Å². The molecule has 1 heterocycles. The molecule has 0 saturated carbocycles. The van der Waals surface area contributed by atoms with Gasteiger partial charge < -0.3 is 4.90 Å². The van der Waals surface area contributed by atoms with Crippen LogP contribution in [0.1, 0.15) is 5.56 Å². The van der Waals surface area contributed by atoms with Gasteiger partial charge in [0.1, 0.15) is 17.2 Å². The molecule has 0 bridgehead atoms. The molecular weight excluding hydrogens is 350 g/mol. The fourth-order valence-corrected chi connectivity index (χ4v) is 3.52. The largest absolute Gasteiger partial charge is 0.302 e. The van der Waals surface area contributed by atoms with Crippen molar-refractivity contribution in [3.8, 4) is 0 Å². The highest BCUT2D eigenvalue weighted by Gasteiger charge is 2.16. The van der Waals surface area contributed by atoms with Crippen LogP contribution in [0.25, 0.3) is 11.0 Å². The zero-order valence-electron chi connectivity index (χ0n) is 15.0. The summed E-state index contributed by atoms with van der Waals surface area (Å²) in [5.74, 6) is 0.187. The maximum Gasteiger partial charge on any atom is 0.198 e.